The van der Waals surface area contributed by atoms with Crippen LogP contribution in [0, 0.1) is 0 Å². The molecule has 1 aromatic rings. The van der Waals surface area contributed by atoms with Gasteiger partial charge in [-0.2, -0.15) is 0 Å². The van der Waals surface area contributed by atoms with Gasteiger partial charge < -0.3 is 20.2 Å². The average Bonchev–Trinajstić information content (AvgIpc) is 2.87. The van der Waals surface area contributed by atoms with Crippen LogP contribution in [-0.2, 0) is 9.53 Å². The predicted octanol–water partition coefficient (Wildman–Crippen LogP) is 1.16. The van der Waals surface area contributed by atoms with E-state index in [0.29, 0.717) is 18.9 Å². The van der Waals surface area contributed by atoms with Crippen molar-refractivity contribution in [3.05, 3.63) is 17.8 Å². The van der Waals surface area contributed by atoms with Crippen molar-refractivity contribution in [3.63, 3.8) is 0 Å². The summed E-state index contributed by atoms with van der Waals surface area (Å²) in [5.41, 5.74) is 5.91. The Hall–Kier alpha value is -1.89. The van der Waals surface area contributed by atoms with Gasteiger partial charge >= 0.3 is 5.97 Å². The molecule has 0 radical (unpaired) electrons. The van der Waals surface area contributed by atoms with E-state index in [1.54, 1.807) is 13.8 Å². The first kappa shape index (κ1) is 16.2. The molecule has 2 atom stereocenters. The number of ether oxygens (including phenoxy) is 1. The maximum atomic E-state index is 11.9. The van der Waals surface area contributed by atoms with E-state index in [2.05, 4.69) is 10.3 Å². The number of nitrogens with two attached hydrogens (primary N) is 1. The molecule has 112 valence electrons. The van der Waals surface area contributed by atoms with Gasteiger partial charge in [0, 0.05) is 6.04 Å². The van der Waals surface area contributed by atoms with Crippen LogP contribution < -0.4 is 11.1 Å². The Kier molecular flexibility index (Phi) is 6.17. The van der Waals surface area contributed by atoms with Crippen molar-refractivity contribution in [1.29, 1.82) is 0 Å². The number of oxazole rings is 1. The third-order valence-electron chi connectivity index (χ3n) is 2.67. The predicted molar refractivity (Wildman–Crippen MR) is 71.9 cm³/mol. The molecular weight excluding hydrogens is 262 g/mol. The Balaban J connectivity index is 2.53. The first-order valence-electron chi connectivity index (χ1n) is 6.65. The largest absolute Gasteiger partial charge is 0.466 e. The van der Waals surface area contributed by atoms with Crippen LogP contribution in [0.3, 0.4) is 0 Å². The number of nitrogens with one attached hydrogen (secondary N) is 1. The summed E-state index contributed by atoms with van der Waals surface area (Å²) >= 11 is 0. The summed E-state index contributed by atoms with van der Waals surface area (Å²) in [7, 11) is 0. The number of rotatable bonds is 7. The summed E-state index contributed by atoms with van der Waals surface area (Å²) in [6, 6.07) is -0.671. The van der Waals surface area contributed by atoms with Crippen molar-refractivity contribution < 1.29 is 18.7 Å². The molecule has 0 saturated carbocycles. The zero-order chi connectivity index (χ0) is 15.1. The number of hydrogen-bond acceptors (Lipinski definition) is 6. The Labute approximate surface area is 117 Å². The first-order chi connectivity index (χ1) is 9.47. The van der Waals surface area contributed by atoms with E-state index < -0.39 is 5.91 Å². The molecule has 20 heavy (non-hydrogen) atoms. The first-order valence-corrected chi connectivity index (χ1v) is 6.65. The van der Waals surface area contributed by atoms with Gasteiger partial charge in [0.25, 0.3) is 5.91 Å². The van der Waals surface area contributed by atoms with Crippen LogP contribution in [-0.4, -0.2) is 29.5 Å². The van der Waals surface area contributed by atoms with Gasteiger partial charge in [-0.3, -0.25) is 9.59 Å². The standard InChI is InChI=1S/C13H21N3O4/c1-4-9(14)13-16-10(7-20-13)12(18)15-8(3)6-11(17)19-5-2/h7-9H,4-6,14H2,1-3H3,(H,15,18). The van der Waals surface area contributed by atoms with Gasteiger partial charge in [-0.25, -0.2) is 4.98 Å². The molecule has 2 unspecified atom stereocenters. The van der Waals surface area contributed by atoms with Crippen LogP contribution in [0.1, 0.15) is 56.0 Å². The van der Waals surface area contributed by atoms with Crippen molar-refractivity contribution in [3.8, 4) is 0 Å². The molecule has 1 amide bonds. The molecule has 0 saturated heterocycles. The van der Waals surface area contributed by atoms with Crippen molar-refractivity contribution in [2.75, 3.05) is 6.61 Å². The van der Waals surface area contributed by atoms with Crippen molar-refractivity contribution in [2.45, 2.75) is 45.7 Å². The van der Waals surface area contributed by atoms with E-state index in [0.717, 1.165) is 0 Å². The van der Waals surface area contributed by atoms with Gasteiger partial charge in [-0.15, -0.1) is 0 Å². The van der Waals surface area contributed by atoms with Crippen LogP contribution in [0.15, 0.2) is 10.7 Å². The normalized spacial score (nSPS) is 13.6. The van der Waals surface area contributed by atoms with Gasteiger partial charge in [-0.05, 0) is 20.3 Å². The number of carbonyl (C=O) groups excluding carboxylic acids is 2. The molecule has 0 aromatic carbocycles. The summed E-state index contributed by atoms with van der Waals surface area (Å²) in [6.07, 6.45) is 2.04. The number of carbonyl (C=O) groups is 2. The summed E-state index contributed by atoms with van der Waals surface area (Å²) in [5, 5.41) is 2.65. The molecule has 0 aliphatic heterocycles. The second-order valence-corrected chi connectivity index (χ2v) is 4.47. The van der Waals surface area contributed by atoms with Crippen LogP contribution in [0.4, 0.5) is 0 Å². The number of esters is 1. The molecular formula is C13H21N3O4. The second-order valence-electron chi connectivity index (χ2n) is 4.47. The molecule has 7 heteroatoms. The number of hydrogen-bond donors (Lipinski definition) is 2. The lowest BCUT2D eigenvalue weighted by molar-refractivity contribution is -0.143. The molecule has 1 heterocycles. The maximum Gasteiger partial charge on any atom is 0.307 e. The Morgan fingerprint density at radius 3 is 2.80 bits per heavy atom. The topological polar surface area (TPSA) is 107 Å². The van der Waals surface area contributed by atoms with Crippen molar-refractivity contribution in [2.24, 2.45) is 5.73 Å². The van der Waals surface area contributed by atoms with Crippen molar-refractivity contribution >= 4 is 11.9 Å². The second kappa shape index (κ2) is 7.64. The minimum absolute atomic E-state index is 0.110. The van der Waals surface area contributed by atoms with E-state index in [1.165, 1.54) is 6.26 Å². The third kappa shape index (κ3) is 4.65. The zero-order valence-corrected chi connectivity index (χ0v) is 12.0. The molecule has 0 fully saturated rings. The van der Waals surface area contributed by atoms with E-state index in [4.69, 9.17) is 14.9 Å². The van der Waals surface area contributed by atoms with E-state index >= 15 is 0 Å². The van der Waals surface area contributed by atoms with Gasteiger partial charge in [0.2, 0.25) is 5.89 Å². The Bertz CT molecular complexity index is 458. The zero-order valence-electron chi connectivity index (χ0n) is 12.0. The highest BCUT2D eigenvalue weighted by molar-refractivity contribution is 5.92. The van der Waals surface area contributed by atoms with Gasteiger partial charge in [0.15, 0.2) is 5.69 Å². The van der Waals surface area contributed by atoms with E-state index in [9.17, 15) is 9.59 Å². The quantitative estimate of drug-likeness (QED) is 0.727. The monoisotopic (exact) mass is 283 g/mol. The minimum atomic E-state index is -0.403. The number of nitrogens with zero attached hydrogens (tertiary/aromatic N) is 1. The Morgan fingerprint density at radius 1 is 1.50 bits per heavy atom. The minimum Gasteiger partial charge on any atom is -0.466 e. The summed E-state index contributed by atoms with van der Waals surface area (Å²) < 4.78 is 9.96. The lowest BCUT2D eigenvalue weighted by Crippen LogP contribution is -2.34. The molecule has 0 aliphatic rings. The summed E-state index contributed by atoms with van der Waals surface area (Å²) in [6.45, 7) is 5.67. The fourth-order valence-corrected chi connectivity index (χ4v) is 1.56. The fraction of sp³-hybridized carbons (Fsp3) is 0.615. The molecule has 7 nitrogen and oxygen atoms in total. The van der Waals surface area contributed by atoms with Gasteiger partial charge in [-0.1, -0.05) is 6.92 Å². The third-order valence-corrected chi connectivity index (χ3v) is 2.67. The molecule has 1 rings (SSSR count). The molecule has 0 spiro atoms. The highest BCUT2D eigenvalue weighted by atomic mass is 16.5. The molecule has 1 aromatic heterocycles. The Morgan fingerprint density at radius 2 is 2.20 bits per heavy atom. The van der Waals surface area contributed by atoms with E-state index in [1.807, 2.05) is 6.92 Å². The van der Waals surface area contributed by atoms with Crippen LogP contribution in [0.2, 0.25) is 0 Å². The van der Waals surface area contributed by atoms with Gasteiger partial charge in [0.1, 0.15) is 6.26 Å². The molecule has 0 bridgehead atoms. The van der Waals surface area contributed by atoms with Crippen molar-refractivity contribution in [1.82, 2.24) is 10.3 Å². The SMILES string of the molecule is CCOC(=O)CC(C)NC(=O)c1coc(C(N)CC)n1. The molecule has 0 aliphatic carbocycles. The summed E-state index contributed by atoms with van der Waals surface area (Å²) in [5.74, 6) is -0.426. The lowest BCUT2D eigenvalue weighted by Gasteiger charge is -2.11. The summed E-state index contributed by atoms with van der Waals surface area (Å²) in [4.78, 5) is 27.2. The number of amides is 1. The van der Waals surface area contributed by atoms with E-state index in [-0.39, 0.29) is 30.2 Å². The fourth-order valence-electron chi connectivity index (χ4n) is 1.56. The number of aromatic nitrogens is 1. The molecule has 3 N–H and O–H groups in total. The lowest BCUT2D eigenvalue weighted by atomic mass is 10.2. The average molecular weight is 283 g/mol. The maximum absolute atomic E-state index is 11.9. The van der Waals surface area contributed by atoms with Crippen LogP contribution in [0.25, 0.3) is 0 Å². The van der Waals surface area contributed by atoms with Crippen LogP contribution in [0.5, 0.6) is 0 Å². The van der Waals surface area contributed by atoms with Crippen LogP contribution >= 0.6 is 0 Å². The smallest absolute Gasteiger partial charge is 0.307 e. The highest BCUT2D eigenvalue weighted by Gasteiger charge is 2.18. The highest BCUT2D eigenvalue weighted by Crippen LogP contribution is 2.13. The van der Waals surface area contributed by atoms with Gasteiger partial charge in [0.05, 0.1) is 19.1 Å².